The Kier molecular flexibility index (Phi) is 16.8. The average molecular weight is 946 g/mol. The van der Waals surface area contributed by atoms with E-state index in [-0.39, 0.29) is 49.0 Å². The molecule has 1 unspecified atom stereocenters. The van der Waals surface area contributed by atoms with E-state index in [1.807, 2.05) is 113 Å². The number of imidazole rings is 1. The number of benzene rings is 4. The second kappa shape index (κ2) is 23.1. The maximum atomic E-state index is 13.3. The number of nitrogens with zero attached hydrogens (tertiary/aromatic N) is 6. The van der Waals surface area contributed by atoms with E-state index in [0.717, 1.165) is 16.7 Å². The summed E-state index contributed by atoms with van der Waals surface area (Å²) in [7, 11) is 2.59. The number of ether oxygens (including phenoxy) is 6. The summed E-state index contributed by atoms with van der Waals surface area (Å²) in [5, 5.41) is 12.4. The third-order valence-electron chi connectivity index (χ3n) is 11.3. The van der Waals surface area contributed by atoms with Gasteiger partial charge in [0.15, 0.2) is 23.2 Å². The molecule has 1 aliphatic rings. The molecule has 0 radical (unpaired) electrons. The van der Waals surface area contributed by atoms with Crippen molar-refractivity contribution < 1.29 is 47.1 Å². The van der Waals surface area contributed by atoms with E-state index in [0.29, 0.717) is 22.7 Å². The van der Waals surface area contributed by atoms with Gasteiger partial charge in [-0.15, -0.1) is 0 Å². The van der Waals surface area contributed by atoms with Crippen LogP contribution < -0.4 is 14.8 Å². The molecule has 5 atom stereocenters. The number of nitrogens with one attached hydrogen (secondary N) is 1. The summed E-state index contributed by atoms with van der Waals surface area (Å²) in [4.78, 5) is 39.9. The molecule has 0 saturated carbocycles. The minimum Gasteiger partial charge on any atom is -0.497 e. The fraction of sp³-hybridized carbons (Fsp3) is 0.360. The first-order chi connectivity index (χ1) is 33.0. The summed E-state index contributed by atoms with van der Waals surface area (Å²) in [6.45, 7) is 7.66. The van der Waals surface area contributed by atoms with Crippen LogP contribution >= 0.6 is 8.53 Å². The molecule has 0 spiro atoms. The van der Waals surface area contributed by atoms with Crippen molar-refractivity contribution in [3.05, 3.63) is 144 Å². The highest BCUT2D eigenvalue weighted by Crippen LogP contribution is 2.51. The van der Waals surface area contributed by atoms with Crippen molar-refractivity contribution in [3.8, 4) is 17.6 Å². The van der Waals surface area contributed by atoms with Gasteiger partial charge in [0.05, 0.1) is 53.4 Å². The molecule has 1 fully saturated rings. The molecule has 68 heavy (non-hydrogen) atoms. The van der Waals surface area contributed by atoms with Crippen molar-refractivity contribution in [3.63, 3.8) is 0 Å². The summed E-state index contributed by atoms with van der Waals surface area (Å²) >= 11 is 0. The molecular formula is C50H56N7O10P. The van der Waals surface area contributed by atoms with Crippen molar-refractivity contribution in [1.82, 2.24) is 24.2 Å². The molecule has 17 nitrogen and oxygen atoms in total. The number of carbonyl (C=O) groups is 2. The molecule has 1 aliphatic heterocycles. The Hall–Kier alpha value is -6.35. The van der Waals surface area contributed by atoms with Gasteiger partial charge in [0.2, 0.25) is 0 Å². The van der Waals surface area contributed by atoms with Crippen molar-refractivity contribution in [2.45, 2.75) is 76.3 Å². The summed E-state index contributed by atoms with van der Waals surface area (Å²) < 4.78 is 54.6. The molecule has 1 N–H and O–H groups in total. The van der Waals surface area contributed by atoms with Crippen LogP contribution in [0.1, 0.15) is 67.4 Å². The Morgan fingerprint density at radius 1 is 0.824 bits per heavy atom. The van der Waals surface area contributed by atoms with Gasteiger partial charge in [-0.2, -0.15) is 5.26 Å². The van der Waals surface area contributed by atoms with E-state index in [4.69, 9.17) is 37.5 Å². The molecule has 1 saturated heterocycles. The topological polar surface area (TPSA) is 191 Å². The van der Waals surface area contributed by atoms with E-state index in [1.165, 1.54) is 19.8 Å². The van der Waals surface area contributed by atoms with Crippen LogP contribution in [0.4, 0.5) is 5.82 Å². The summed E-state index contributed by atoms with van der Waals surface area (Å²) in [6.07, 6.45) is -1.11. The van der Waals surface area contributed by atoms with Gasteiger partial charge in [-0.3, -0.25) is 9.36 Å². The lowest BCUT2D eigenvalue weighted by molar-refractivity contribution is -0.152. The minimum atomic E-state index is -1.91. The second-order valence-corrected chi connectivity index (χ2v) is 17.6. The predicted molar refractivity (Wildman–Crippen MR) is 254 cm³/mol. The molecule has 18 heteroatoms. The standard InChI is InChI=1S/C50H56N7O10P/c1-33(2)57(34(3)4)68(65-28-14-27-51)67-44-41(29-64-50(36-17-12-9-13-18-36,37-19-23-39(60-5)24-20-37)38-21-25-40(61-6)26-22-38)66-49(45(44)63-30-42(58)62-7)56-32-54-43-46(52-31-53-47(43)56)55-48(59)35-15-10-8-11-16-35/h8-13,15-26,31-34,41,44-45,49H,14,28-30H2,1-7H3,(H,52,53,55,59)/t41-,44-,45-,49-,68?/m1/s1. The first-order valence-electron chi connectivity index (χ1n) is 22.1. The number of esters is 1. The number of hydrogen-bond donors (Lipinski definition) is 1. The van der Waals surface area contributed by atoms with Crippen LogP contribution in [0.2, 0.25) is 0 Å². The first-order valence-corrected chi connectivity index (χ1v) is 23.3. The molecule has 2 aromatic heterocycles. The quantitative estimate of drug-likeness (QED) is 0.0296. The van der Waals surface area contributed by atoms with Crippen LogP contribution in [-0.4, -0.2) is 108 Å². The van der Waals surface area contributed by atoms with Crippen LogP contribution in [0.5, 0.6) is 11.5 Å². The highest BCUT2D eigenvalue weighted by atomic mass is 31.2. The number of hydrogen-bond acceptors (Lipinski definition) is 15. The van der Waals surface area contributed by atoms with Gasteiger partial charge in [-0.25, -0.2) is 24.4 Å². The lowest BCUT2D eigenvalue weighted by Crippen LogP contribution is -2.43. The number of anilines is 1. The van der Waals surface area contributed by atoms with Crippen LogP contribution in [0.3, 0.4) is 0 Å². The lowest BCUT2D eigenvalue weighted by atomic mass is 9.80. The zero-order valence-electron chi connectivity index (χ0n) is 39.1. The zero-order valence-corrected chi connectivity index (χ0v) is 39.9. The molecule has 3 heterocycles. The van der Waals surface area contributed by atoms with Crippen molar-refractivity contribution in [1.29, 1.82) is 5.26 Å². The van der Waals surface area contributed by atoms with Crippen molar-refractivity contribution >= 4 is 37.4 Å². The highest BCUT2D eigenvalue weighted by molar-refractivity contribution is 7.44. The molecule has 0 bridgehead atoms. The lowest BCUT2D eigenvalue weighted by Gasteiger charge is -2.39. The molecule has 7 rings (SSSR count). The summed E-state index contributed by atoms with van der Waals surface area (Å²) in [5.41, 5.74) is 2.14. The van der Waals surface area contributed by atoms with Gasteiger partial charge in [0.1, 0.15) is 48.3 Å². The first kappa shape index (κ1) is 49.6. The molecular weight excluding hydrogens is 890 g/mol. The van der Waals surface area contributed by atoms with Crippen LogP contribution in [0.25, 0.3) is 11.2 Å². The van der Waals surface area contributed by atoms with E-state index < -0.39 is 51.2 Å². The van der Waals surface area contributed by atoms with Crippen LogP contribution in [0, 0.1) is 11.3 Å². The Bertz CT molecular complexity index is 2560. The third-order valence-corrected chi connectivity index (χ3v) is 13.4. The van der Waals surface area contributed by atoms with Gasteiger partial charge in [-0.05, 0) is 80.8 Å². The van der Waals surface area contributed by atoms with Gasteiger partial charge >= 0.3 is 5.97 Å². The van der Waals surface area contributed by atoms with Gasteiger partial charge in [0.25, 0.3) is 14.4 Å². The number of methoxy groups -OCH3 is 3. The molecule has 6 aromatic rings. The Labute approximate surface area is 397 Å². The minimum absolute atomic E-state index is 0.0554. The van der Waals surface area contributed by atoms with Crippen molar-refractivity contribution in [2.24, 2.45) is 0 Å². The van der Waals surface area contributed by atoms with Crippen LogP contribution in [-0.2, 0) is 38.4 Å². The van der Waals surface area contributed by atoms with Gasteiger partial charge < -0.3 is 42.8 Å². The van der Waals surface area contributed by atoms with E-state index in [1.54, 1.807) is 43.1 Å². The number of rotatable bonds is 22. The van der Waals surface area contributed by atoms with E-state index >= 15 is 0 Å². The molecule has 356 valence electrons. The molecule has 1 amide bonds. The number of nitriles is 1. The van der Waals surface area contributed by atoms with E-state index in [9.17, 15) is 14.9 Å². The second-order valence-electron chi connectivity index (χ2n) is 16.2. The maximum absolute atomic E-state index is 13.3. The number of amides is 1. The largest absolute Gasteiger partial charge is 0.497 e. The van der Waals surface area contributed by atoms with E-state index in [2.05, 4.69) is 31.0 Å². The smallest absolute Gasteiger partial charge is 0.331 e. The maximum Gasteiger partial charge on any atom is 0.331 e. The summed E-state index contributed by atoms with van der Waals surface area (Å²) in [5.74, 6) is 0.477. The number of aromatic nitrogens is 4. The Morgan fingerprint density at radius 3 is 2.00 bits per heavy atom. The number of fused-ring (bicyclic) bond motifs is 1. The van der Waals surface area contributed by atoms with Crippen molar-refractivity contribution in [2.75, 3.05) is 46.5 Å². The van der Waals surface area contributed by atoms with Gasteiger partial charge in [0, 0.05) is 17.6 Å². The molecule has 0 aliphatic carbocycles. The molecule has 4 aromatic carbocycles. The van der Waals surface area contributed by atoms with Gasteiger partial charge in [-0.1, -0.05) is 72.8 Å². The predicted octanol–water partition coefficient (Wildman–Crippen LogP) is 8.22. The summed E-state index contributed by atoms with van der Waals surface area (Å²) in [6, 6.07) is 36.0. The fourth-order valence-corrected chi connectivity index (χ4v) is 9.94. The monoisotopic (exact) mass is 945 g/mol. The third kappa shape index (κ3) is 11.0. The SMILES string of the molecule is COC(=O)CO[C@@H]1[C@H](OP(OCCC#N)N(C(C)C)C(C)C)[C@@H](COC(c2ccccc2)(c2ccc(OC)cc2)c2ccc(OC)cc2)O[C@H]1n1cnc2c(NC(=O)c3ccccc3)ncnc21. The highest BCUT2D eigenvalue weighted by Gasteiger charge is 2.52. The Balaban J connectivity index is 1.37. The fourth-order valence-electron chi connectivity index (χ4n) is 8.17. The normalized spacial score (nSPS) is 17.6. The average Bonchev–Trinajstić information content (AvgIpc) is 3.95. The Morgan fingerprint density at radius 2 is 1.43 bits per heavy atom. The van der Waals surface area contributed by atoms with Crippen LogP contribution in [0.15, 0.2) is 122 Å². The number of carbonyl (C=O) groups excluding carboxylic acids is 2. The zero-order chi connectivity index (χ0) is 48.2.